The molecule has 3 aromatic rings. The molecule has 1 amide bonds. The van der Waals surface area contributed by atoms with Gasteiger partial charge >= 0.3 is 0 Å². The first kappa shape index (κ1) is 22.6. The van der Waals surface area contributed by atoms with E-state index in [-0.39, 0.29) is 23.5 Å². The van der Waals surface area contributed by atoms with Crippen LogP contribution in [0.1, 0.15) is 47.3 Å². The van der Waals surface area contributed by atoms with Crippen molar-refractivity contribution in [3.8, 4) is 5.75 Å². The summed E-state index contributed by atoms with van der Waals surface area (Å²) in [6.07, 6.45) is -0.295. The summed E-state index contributed by atoms with van der Waals surface area (Å²) in [6, 6.07) is 12.9. The Morgan fingerprint density at radius 2 is 1.84 bits per heavy atom. The monoisotopic (exact) mass is 438 g/mol. The number of thioether (sulfide) groups is 1. The number of hydrogen-bond donors (Lipinski definition) is 1. The van der Waals surface area contributed by atoms with Gasteiger partial charge in [0.2, 0.25) is 5.91 Å². The van der Waals surface area contributed by atoms with Gasteiger partial charge in [-0.2, -0.15) is 0 Å². The highest BCUT2D eigenvalue weighted by molar-refractivity contribution is 7.99. The van der Waals surface area contributed by atoms with Crippen LogP contribution in [0, 0.1) is 13.8 Å². The number of rotatable bonds is 8. The number of aromatic nitrogens is 3. The fourth-order valence-corrected chi connectivity index (χ4v) is 3.92. The maximum atomic E-state index is 12.3. The molecule has 0 radical (unpaired) electrons. The summed E-state index contributed by atoms with van der Waals surface area (Å²) in [6.45, 7) is 7.48. The lowest BCUT2D eigenvalue weighted by molar-refractivity contribution is -0.113. The Morgan fingerprint density at radius 3 is 2.52 bits per heavy atom. The van der Waals surface area contributed by atoms with E-state index in [1.54, 1.807) is 24.3 Å². The van der Waals surface area contributed by atoms with Gasteiger partial charge in [0.1, 0.15) is 5.75 Å². The minimum Gasteiger partial charge on any atom is -0.483 e. The summed E-state index contributed by atoms with van der Waals surface area (Å²) in [5.74, 6) is 1.40. The molecule has 1 atom stereocenters. The van der Waals surface area contributed by atoms with Crippen molar-refractivity contribution in [1.29, 1.82) is 0 Å². The van der Waals surface area contributed by atoms with E-state index in [4.69, 9.17) is 4.74 Å². The number of ketones is 1. The summed E-state index contributed by atoms with van der Waals surface area (Å²) in [5.41, 5.74) is 3.42. The molecule has 0 spiro atoms. The number of ether oxygens (including phenoxy) is 1. The van der Waals surface area contributed by atoms with Crippen LogP contribution in [-0.2, 0) is 11.8 Å². The van der Waals surface area contributed by atoms with Gasteiger partial charge in [0, 0.05) is 18.3 Å². The van der Waals surface area contributed by atoms with Crippen molar-refractivity contribution in [2.45, 2.75) is 39.0 Å². The molecule has 8 heteroatoms. The van der Waals surface area contributed by atoms with Crippen molar-refractivity contribution < 1.29 is 14.3 Å². The molecule has 0 saturated heterocycles. The van der Waals surface area contributed by atoms with E-state index in [0.717, 1.165) is 16.9 Å². The lowest BCUT2D eigenvalue weighted by Crippen LogP contribution is -2.15. The highest BCUT2D eigenvalue weighted by atomic mass is 32.2. The Kier molecular flexibility index (Phi) is 7.12. The fourth-order valence-electron chi connectivity index (χ4n) is 3.21. The molecular formula is C23H26N4O3S. The molecule has 7 nitrogen and oxygen atoms in total. The van der Waals surface area contributed by atoms with Crippen LogP contribution in [0.15, 0.2) is 47.6 Å². The number of hydrogen-bond acceptors (Lipinski definition) is 6. The van der Waals surface area contributed by atoms with Crippen molar-refractivity contribution in [3.05, 3.63) is 65.0 Å². The van der Waals surface area contributed by atoms with Crippen LogP contribution in [0.4, 0.5) is 5.69 Å². The molecule has 0 aliphatic heterocycles. The largest absolute Gasteiger partial charge is 0.483 e. The molecular weight excluding hydrogens is 412 g/mol. The predicted molar refractivity (Wildman–Crippen MR) is 122 cm³/mol. The van der Waals surface area contributed by atoms with Gasteiger partial charge < -0.3 is 14.6 Å². The maximum Gasteiger partial charge on any atom is 0.234 e. The average Bonchev–Trinajstić information content (AvgIpc) is 3.06. The first-order chi connectivity index (χ1) is 14.7. The molecule has 0 aliphatic carbocycles. The summed E-state index contributed by atoms with van der Waals surface area (Å²) in [5, 5.41) is 11.9. The lowest BCUT2D eigenvalue weighted by atomic mass is 10.1. The molecule has 0 bridgehead atoms. The minimum atomic E-state index is -0.295. The number of nitrogens with zero attached hydrogens (tertiary/aromatic N) is 3. The molecule has 0 aliphatic rings. The zero-order valence-electron chi connectivity index (χ0n) is 18.3. The zero-order chi connectivity index (χ0) is 22.5. The third-order valence-electron chi connectivity index (χ3n) is 4.63. The summed E-state index contributed by atoms with van der Waals surface area (Å²) in [4.78, 5) is 23.8. The number of amides is 1. The van der Waals surface area contributed by atoms with Crippen molar-refractivity contribution in [3.63, 3.8) is 0 Å². The van der Waals surface area contributed by atoms with Crippen LogP contribution in [0.3, 0.4) is 0 Å². The molecule has 31 heavy (non-hydrogen) atoms. The van der Waals surface area contributed by atoms with Gasteiger partial charge in [0.25, 0.3) is 0 Å². The molecule has 162 valence electrons. The van der Waals surface area contributed by atoms with Gasteiger partial charge in [0.15, 0.2) is 22.9 Å². The Hall–Kier alpha value is -3.13. The number of benzene rings is 2. The summed E-state index contributed by atoms with van der Waals surface area (Å²) < 4.78 is 7.89. The van der Waals surface area contributed by atoms with Gasteiger partial charge in [-0.1, -0.05) is 30.0 Å². The van der Waals surface area contributed by atoms with Crippen LogP contribution in [0.25, 0.3) is 0 Å². The number of anilines is 1. The van der Waals surface area contributed by atoms with Crippen LogP contribution >= 0.6 is 11.8 Å². The Morgan fingerprint density at radius 1 is 1.13 bits per heavy atom. The molecule has 3 rings (SSSR count). The molecule has 2 aromatic carbocycles. The third kappa shape index (κ3) is 5.95. The van der Waals surface area contributed by atoms with Gasteiger partial charge in [0.05, 0.1) is 5.75 Å². The fraction of sp³-hybridized carbons (Fsp3) is 0.304. The second-order valence-electron chi connectivity index (χ2n) is 7.46. The van der Waals surface area contributed by atoms with Gasteiger partial charge in [-0.25, -0.2) is 0 Å². The normalized spacial score (nSPS) is 11.8. The number of Topliss-reactive ketones (excluding diaryl/α,β-unsaturated/α-hetero) is 1. The van der Waals surface area contributed by atoms with Crippen molar-refractivity contribution in [2.75, 3.05) is 11.1 Å². The van der Waals surface area contributed by atoms with Crippen molar-refractivity contribution >= 4 is 29.1 Å². The second kappa shape index (κ2) is 9.78. The quantitative estimate of drug-likeness (QED) is 0.411. The number of carbonyl (C=O) groups excluding carboxylic acids is 2. The van der Waals surface area contributed by atoms with E-state index in [9.17, 15) is 9.59 Å². The van der Waals surface area contributed by atoms with Crippen LogP contribution in [0.5, 0.6) is 5.75 Å². The first-order valence-corrected chi connectivity index (χ1v) is 10.9. The Labute approximate surface area is 186 Å². The zero-order valence-corrected chi connectivity index (χ0v) is 19.1. The van der Waals surface area contributed by atoms with E-state index < -0.39 is 0 Å². The smallest absolute Gasteiger partial charge is 0.234 e. The second-order valence-corrected chi connectivity index (χ2v) is 8.40. The van der Waals surface area contributed by atoms with Crippen LogP contribution in [-0.4, -0.2) is 32.2 Å². The molecule has 0 saturated carbocycles. The van der Waals surface area contributed by atoms with Gasteiger partial charge in [-0.3, -0.25) is 9.59 Å². The SMILES string of the molecule is CC(=O)c1cccc(NC(=O)CSc2nnc(C(C)Oc3cc(C)cc(C)c3)n2C)c1. The molecule has 1 unspecified atom stereocenters. The van der Waals surface area contributed by atoms with Crippen molar-refractivity contribution in [1.82, 2.24) is 14.8 Å². The van der Waals surface area contributed by atoms with E-state index in [0.29, 0.717) is 22.2 Å². The maximum absolute atomic E-state index is 12.3. The van der Waals surface area contributed by atoms with E-state index in [1.165, 1.54) is 18.7 Å². The summed E-state index contributed by atoms with van der Waals surface area (Å²) >= 11 is 1.29. The van der Waals surface area contributed by atoms with Gasteiger partial charge in [-0.15, -0.1) is 10.2 Å². The van der Waals surface area contributed by atoms with Gasteiger partial charge in [-0.05, 0) is 63.1 Å². The number of carbonyl (C=O) groups is 2. The number of aryl methyl sites for hydroxylation is 2. The minimum absolute atomic E-state index is 0.0470. The first-order valence-electron chi connectivity index (χ1n) is 9.91. The predicted octanol–water partition coefficient (Wildman–Crippen LogP) is 4.51. The van der Waals surface area contributed by atoms with Crippen LogP contribution in [0.2, 0.25) is 0 Å². The van der Waals surface area contributed by atoms with Crippen molar-refractivity contribution in [2.24, 2.45) is 7.05 Å². The number of nitrogens with one attached hydrogen (secondary N) is 1. The van der Waals surface area contributed by atoms with Crippen LogP contribution < -0.4 is 10.1 Å². The Balaban J connectivity index is 1.60. The van der Waals surface area contributed by atoms with E-state index in [1.807, 2.05) is 44.5 Å². The molecule has 1 N–H and O–H groups in total. The highest BCUT2D eigenvalue weighted by Gasteiger charge is 2.18. The lowest BCUT2D eigenvalue weighted by Gasteiger charge is -2.15. The highest BCUT2D eigenvalue weighted by Crippen LogP contribution is 2.25. The van der Waals surface area contributed by atoms with E-state index >= 15 is 0 Å². The van der Waals surface area contributed by atoms with E-state index in [2.05, 4.69) is 21.6 Å². The third-order valence-corrected chi connectivity index (χ3v) is 5.65. The Bertz CT molecular complexity index is 1090. The summed E-state index contributed by atoms with van der Waals surface area (Å²) in [7, 11) is 1.85. The topological polar surface area (TPSA) is 86.1 Å². The molecule has 0 fully saturated rings. The average molecular weight is 439 g/mol. The standard InChI is InChI=1S/C23H26N4O3S/c1-14-9-15(2)11-20(10-14)30-17(4)22-25-26-23(27(22)5)31-13-21(29)24-19-8-6-7-18(12-19)16(3)28/h6-12,17H,13H2,1-5H3,(H,24,29). The molecule has 1 aromatic heterocycles. The molecule has 1 heterocycles.